The van der Waals surface area contributed by atoms with Crippen molar-refractivity contribution in [3.8, 4) is 11.5 Å². The van der Waals surface area contributed by atoms with E-state index in [0.717, 1.165) is 11.1 Å². The molecule has 0 unspecified atom stereocenters. The van der Waals surface area contributed by atoms with Gasteiger partial charge in [-0.25, -0.2) is 9.59 Å². The fraction of sp³-hybridized carbons (Fsp3) is 0.267. The van der Waals surface area contributed by atoms with Gasteiger partial charge in [0.1, 0.15) is 24.2 Å². The Morgan fingerprint density at radius 2 is 1.45 bits per heavy atom. The van der Waals surface area contributed by atoms with Gasteiger partial charge in [0, 0.05) is 11.6 Å². The molecule has 2 heterocycles. The molecule has 1 saturated heterocycles. The van der Waals surface area contributed by atoms with E-state index in [1.54, 1.807) is 36.4 Å². The molecule has 0 amide bonds. The number of rotatable bonds is 8. The van der Waals surface area contributed by atoms with Gasteiger partial charge < -0.3 is 23.7 Å². The molecule has 44 heavy (non-hydrogen) atoms. The molecule has 3 aromatic rings. The first-order valence-corrected chi connectivity index (χ1v) is 14.6. The van der Waals surface area contributed by atoms with Gasteiger partial charge in [-0.05, 0) is 55.0 Å². The minimum Gasteiger partial charge on any atom is -0.489 e. The molecule has 0 aliphatic carbocycles. The highest BCUT2D eigenvalue weighted by Gasteiger charge is 2.54. The maximum absolute atomic E-state index is 13.3. The summed E-state index contributed by atoms with van der Waals surface area (Å²) in [6.07, 6.45) is -5.54. The van der Waals surface area contributed by atoms with Gasteiger partial charge in [-0.2, -0.15) is 21.6 Å². The van der Waals surface area contributed by atoms with Crippen molar-refractivity contribution in [3.05, 3.63) is 102 Å². The number of fused-ring (bicyclic) bond motifs is 1. The van der Waals surface area contributed by atoms with Crippen molar-refractivity contribution in [2.24, 2.45) is 0 Å². The third kappa shape index (κ3) is 6.87. The first kappa shape index (κ1) is 31.0. The molecule has 2 aliphatic rings. The topological polar surface area (TPSA) is 124 Å². The van der Waals surface area contributed by atoms with Crippen LogP contribution in [0.2, 0.25) is 0 Å². The number of ether oxygens (including phenoxy) is 5. The number of hydrogen-bond donors (Lipinski definition) is 0. The smallest absolute Gasteiger partial charge is 0.489 e. The monoisotopic (exact) mass is 634 g/mol. The summed E-state index contributed by atoms with van der Waals surface area (Å²) in [5.74, 6) is -1.41. The van der Waals surface area contributed by atoms with E-state index in [2.05, 4.69) is 4.18 Å². The van der Waals surface area contributed by atoms with Crippen molar-refractivity contribution in [1.82, 2.24) is 0 Å². The predicted molar refractivity (Wildman–Crippen MR) is 147 cm³/mol. The highest BCUT2D eigenvalue weighted by atomic mass is 32.2. The van der Waals surface area contributed by atoms with E-state index in [4.69, 9.17) is 23.7 Å². The largest absolute Gasteiger partial charge is 0.523 e. The van der Waals surface area contributed by atoms with E-state index in [0.29, 0.717) is 12.4 Å². The molecular formula is C30H25F3O10S. The van der Waals surface area contributed by atoms with E-state index in [1.165, 1.54) is 42.5 Å². The molecule has 232 valence electrons. The highest BCUT2D eigenvalue weighted by molar-refractivity contribution is 7.87. The second kappa shape index (κ2) is 12.7. The zero-order chi connectivity index (χ0) is 31.5. The van der Waals surface area contributed by atoms with Crippen molar-refractivity contribution in [2.75, 3.05) is 13.2 Å². The fourth-order valence-electron chi connectivity index (χ4n) is 4.47. The summed E-state index contributed by atoms with van der Waals surface area (Å²) in [4.78, 5) is 26.2. The summed E-state index contributed by atoms with van der Waals surface area (Å²) in [6.45, 7) is 1.35. The summed E-state index contributed by atoms with van der Waals surface area (Å²) in [6, 6.07) is 19.7. The Kier molecular flexibility index (Phi) is 8.95. The van der Waals surface area contributed by atoms with Crippen LogP contribution < -0.4 is 9.47 Å². The zero-order valence-corrected chi connectivity index (χ0v) is 23.7. The number of hydrogen-bond acceptors (Lipinski definition) is 10. The van der Waals surface area contributed by atoms with Crippen molar-refractivity contribution < 1.29 is 59.0 Å². The Hall–Kier alpha value is -4.40. The number of benzene rings is 3. The van der Waals surface area contributed by atoms with Crippen LogP contribution in [0.15, 0.2) is 84.9 Å². The average Bonchev–Trinajstić information content (AvgIpc) is 3.00. The summed E-state index contributed by atoms with van der Waals surface area (Å²) in [7, 11) is -6.20. The van der Waals surface area contributed by atoms with E-state index in [-0.39, 0.29) is 16.9 Å². The number of carbonyl (C=O) groups is 2. The second-order valence-corrected chi connectivity index (χ2v) is 11.2. The van der Waals surface area contributed by atoms with Crippen LogP contribution in [0.25, 0.3) is 5.57 Å². The molecule has 5 rings (SSSR count). The van der Waals surface area contributed by atoms with Gasteiger partial charge in [-0.3, -0.25) is 4.18 Å². The van der Waals surface area contributed by atoms with Crippen molar-refractivity contribution in [3.63, 3.8) is 0 Å². The Bertz CT molecular complexity index is 1640. The van der Waals surface area contributed by atoms with Crippen LogP contribution in [0.1, 0.15) is 33.2 Å². The van der Waals surface area contributed by atoms with Crippen molar-refractivity contribution >= 4 is 27.6 Å². The lowest BCUT2D eigenvalue weighted by molar-refractivity contribution is -0.237. The molecule has 0 spiro atoms. The van der Waals surface area contributed by atoms with Crippen LogP contribution in [0.3, 0.4) is 0 Å². The SMILES string of the molecule is CC1=CCOc2cc(O[C@@H]3OC[C@@H](OS(=O)(=O)C(F)(F)F)[C@H](OC(=O)c4ccccc4)[C@H]3OC(=O)c3ccccc3)ccc21. The first-order chi connectivity index (χ1) is 20.9. The van der Waals surface area contributed by atoms with E-state index < -0.39 is 58.8 Å². The third-order valence-corrected chi connectivity index (χ3v) is 7.75. The zero-order valence-electron chi connectivity index (χ0n) is 22.9. The maximum atomic E-state index is 13.3. The lowest BCUT2D eigenvalue weighted by Crippen LogP contribution is -2.59. The molecule has 0 aromatic heterocycles. The summed E-state index contributed by atoms with van der Waals surface area (Å²) < 4.78 is 96.7. The molecule has 3 aromatic carbocycles. The number of esters is 2. The Labute approximate surface area is 250 Å². The quantitative estimate of drug-likeness (QED) is 0.192. The Morgan fingerprint density at radius 1 is 0.864 bits per heavy atom. The van der Waals surface area contributed by atoms with Gasteiger partial charge in [-0.1, -0.05) is 36.4 Å². The Balaban J connectivity index is 1.51. The standard InChI is InChI=1S/C30H25F3O10S/c1-18-14-15-38-23-16-21(12-13-22(18)23)40-29-26(42-28(35)20-10-6-3-7-11-20)25(41-27(34)19-8-4-2-5-9-19)24(17-39-29)43-44(36,37)30(31,32)33/h2-14,16,24-26,29H,15,17H2,1H3/t24-,25+,26-,29+/m1/s1. The van der Waals surface area contributed by atoms with Gasteiger partial charge in [0.05, 0.1) is 17.7 Å². The van der Waals surface area contributed by atoms with E-state index >= 15 is 0 Å². The molecule has 0 radical (unpaired) electrons. The summed E-state index contributed by atoms with van der Waals surface area (Å²) in [5, 5.41) is 0. The van der Waals surface area contributed by atoms with Gasteiger partial charge in [0.15, 0.2) is 6.10 Å². The number of alkyl halides is 3. The van der Waals surface area contributed by atoms with E-state index in [1.807, 2.05) is 13.0 Å². The molecule has 2 aliphatic heterocycles. The molecule has 4 atom stereocenters. The molecular weight excluding hydrogens is 609 g/mol. The maximum Gasteiger partial charge on any atom is 0.523 e. The van der Waals surface area contributed by atoms with Crippen LogP contribution >= 0.6 is 0 Å². The predicted octanol–water partition coefficient (Wildman–Crippen LogP) is 4.90. The molecule has 14 heteroatoms. The summed E-state index contributed by atoms with van der Waals surface area (Å²) >= 11 is 0. The molecule has 0 bridgehead atoms. The van der Waals surface area contributed by atoms with Crippen LogP contribution in [0, 0.1) is 0 Å². The van der Waals surface area contributed by atoms with Crippen LogP contribution in [-0.2, 0) is 28.5 Å². The Morgan fingerprint density at radius 3 is 2.05 bits per heavy atom. The normalized spacial score (nSPS) is 21.7. The van der Waals surface area contributed by atoms with Gasteiger partial charge in [0.2, 0.25) is 12.4 Å². The molecule has 0 N–H and O–H groups in total. The molecule has 1 fully saturated rings. The minimum absolute atomic E-state index is 0.0164. The second-order valence-electron chi connectivity index (χ2n) is 9.68. The van der Waals surface area contributed by atoms with E-state index in [9.17, 15) is 31.2 Å². The third-order valence-electron chi connectivity index (χ3n) is 6.68. The first-order valence-electron chi connectivity index (χ1n) is 13.2. The van der Waals surface area contributed by atoms with Crippen molar-refractivity contribution in [1.29, 1.82) is 0 Å². The fourth-order valence-corrected chi connectivity index (χ4v) is 5.07. The number of carbonyl (C=O) groups excluding carboxylic acids is 2. The van der Waals surface area contributed by atoms with Crippen LogP contribution in [0.4, 0.5) is 13.2 Å². The van der Waals surface area contributed by atoms with Gasteiger partial charge in [-0.15, -0.1) is 0 Å². The highest BCUT2D eigenvalue weighted by Crippen LogP contribution is 2.36. The summed E-state index contributed by atoms with van der Waals surface area (Å²) in [5.41, 5.74) is -4.03. The minimum atomic E-state index is -6.20. The van der Waals surface area contributed by atoms with Gasteiger partial charge in [0.25, 0.3) is 0 Å². The number of allylic oxidation sites excluding steroid dienone is 1. The average molecular weight is 635 g/mol. The van der Waals surface area contributed by atoms with Crippen molar-refractivity contribution in [2.45, 2.75) is 37.0 Å². The molecule has 0 saturated carbocycles. The van der Waals surface area contributed by atoms with Crippen LogP contribution in [-0.4, -0.2) is 63.7 Å². The van der Waals surface area contributed by atoms with Gasteiger partial charge >= 0.3 is 27.6 Å². The molecule has 10 nitrogen and oxygen atoms in total. The lowest BCUT2D eigenvalue weighted by atomic mass is 10.0. The lowest BCUT2D eigenvalue weighted by Gasteiger charge is -2.40. The number of halogens is 3. The van der Waals surface area contributed by atoms with Crippen LogP contribution in [0.5, 0.6) is 11.5 Å².